The van der Waals surface area contributed by atoms with E-state index in [0.29, 0.717) is 5.92 Å². The third-order valence-electron chi connectivity index (χ3n) is 10.1. The van der Waals surface area contributed by atoms with Crippen molar-refractivity contribution in [2.24, 2.45) is 5.92 Å². The average molecular weight is 886 g/mol. The number of hydrogen-bond donors (Lipinski definition) is 0. The molecule has 0 bridgehead atoms. The number of hydrogen-bond acceptors (Lipinski definition) is 4. The van der Waals surface area contributed by atoms with E-state index in [2.05, 4.69) is 146 Å². The summed E-state index contributed by atoms with van der Waals surface area (Å²) in [5.74, 6) is 0.529. The molecule has 4 aromatic heterocycles. The van der Waals surface area contributed by atoms with Crippen LogP contribution in [0.4, 0.5) is 0 Å². The summed E-state index contributed by atoms with van der Waals surface area (Å²) in [5, 5.41) is 4.40. The van der Waals surface area contributed by atoms with Crippen LogP contribution in [0.5, 0.6) is 0 Å². The molecule has 0 aliphatic rings. The zero-order chi connectivity index (χ0) is 37.4. The SMILES string of the molecule is CC(C)Cc1ccc2c(-c3ncccc3-c3ccc4cc(C(C)(C)C)ccc4c3)[c-]c3ccoc3c2n1.Cc1c[c-]c(-c2cc(C)c(C)cn2)cc1C.[Ir]. The van der Waals surface area contributed by atoms with Crippen molar-refractivity contribution in [3.8, 4) is 33.6 Å². The van der Waals surface area contributed by atoms with Crippen LogP contribution in [0.2, 0.25) is 0 Å². The molecule has 0 unspecified atom stereocenters. The van der Waals surface area contributed by atoms with Crippen molar-refractivity contribution in [2.45, 2.75) is 74.1 Å². The molecule has 4 nitrogen and oxygen atoms in total. The van der Waals surface area contributed by atoms with E-state index < -0.39 is 0 Å². The van der Waals surface area contributed by atoms with E-state index in [1.165, 1.54) is 38.6 Å². The molecule has 5 heteroatoms. The molecule has 275 valence electrons. The van der Waals surface area contributed by atoms with Crippen LogP contribution >= 0.6 is 0 Å². The van der Waals surface area contributed by atoms with E-state index in [0.717, 1.165) is 67.6 Å². The van der Waals surface area contributed by atoms with Crippen molar-refractivity contribution >= 4 is 32.6 Å². The first-order valence-corrected chi connectivity index (χ1v) is 18.5. The molecular weight excluding hydrogens is 839 g/mol. The van der Waals surface area contributed by atoms with Crippen LogP contribution in [0.1, 0.15) is 68.1 Å². The Labute approximate surface area is 333 Å². The molecule has 4 aromatic carbocycles. The Morgan fingerprint density at radius 2 is 1.54 bits per heavy atom. The summed E-state index contributed by atoms with van der Waals surface area (Å²) < 4.78 is 5.86. The molecule has 0 saturated carbocycles. The summed E-state index contributed by atoms with van der Waals surface area (Å²) >= 11 is 0. The topological polar surface area (TPSA) is 51.8 Å². The van der Waals surface area contributed by atoms with Crippen molar-refractivity contribution in [2.75, 3.05) is 0 Å². The Hall–Kier alpha value is -4.96. The third kappa shape index (κ3) is 8.09. The van der Waals surface area contributed by atoms with Crippen molar-refractivity contribution in [1.29, 1.82) is 0 Å². The smallest absolute Gasteiger partial charge is 0.0847 e. The number of aryl methyl sites for hydroxylation is 4. The van der Waals surface area contributed by atoms with Crippen LogP contribution < -0.4 is 0 Å². The van der Waals surface area contributed by atoms with E-state index in [1.807, 2.05) is 30.6 Å². The molecule has 0 amide bonds. The predicted octanol–water partition coefficient (Wildman–Crippen LogP) is 12.9. The van der Waals surface area contributed by atoms with Crippen molar-refractivity contribution in [3.63, 3.8) is 0 Å². The van der Waals surface area contributed by atoms with Gasteiger partial charge in [-0.2, -0.15) is 0 Å². The van der Waals surface area contributed by atoms with Crippen LogP contribution in [0.3, 0.4) is 0 Å². The van der Waals surface area contributed by atoms with E-state index >= 15 is 0 Å². The van der Waals surface area contributed by atoms with E-state index in [1.54, 1.807) is 6.26 Å². The van der Waals surface area contributed by atoms with Gasteiger partial charge < -0.3 is 9.40 Å². The molecule has 0 atom stereocenters. The van der Waals surface area contributed by atoms with Crippen molar-refractivity contribution < 1.29 is 24.5 Å². The van der Waals surface area contributed by atoms with Gasteiger partial charge in [-0.05, 0) is 88.5 Å². The summed E-state index contributed by atoms with van der Waals surface area (Å²) in [6.45, 7) is 19.6. The number of fused-ring (bicyclic) bond motifs is 4. The number of aromatic nitrogens is 3. The Balaban J connectivity index is 0.000000246. The second-order valence-electron chi connectivity index (χ2n) is 15.8. The fourth-order valence-corrected chi connectivity index (χ4v) is 6.69. The van der Waals surface area contributed by atoms with E-state index in [4.69, 9.17) is 14.4 Å². The molecule has 0 aliphatic carbocycles. The van der Waals surface area contributed by atoms with Gasteiger partial charge in [0.25, 0.3) is 0 Å². The van der Waals surface area contributed by atoms with Crippen molar-refractivity contribution in [1.82, 2.24) is 15.0 Å². The minimum absolute atomic E-state index is 0. The minimum Gasteiger partial charge on any atom is -0.506 e. The van der Waals surface area contributed by atoms with Crippen LogP contribution in [0, 0.1) is 45.7 Å². The molecule has 8 aromatic rings. The second kappa shape index (κ2) is 15.8. The Kier molecular flexibility index (Phi) is 11.3. The molecule has 0 aliphatic heterocycles. The van der Waals surface area contributed by atoms with Gasteiger partial charge in [-0.3, -0.25) is 9.97 Å². The van der Waals surface area contributed by atoms with Crippen LogP contribution in [0.25, 0.3) is 66.3 Å². The normalized spacial score (nSPS) is 11.5. The van der Waals surface area contributed by atoms with Gasteiger partial charge in [-0.15, -0.1) is 41.0 Å². The molecule has 54 heavy (non-hydrogen) atoms. The summed E-state index contributed by atoms with van der Waals surface area (Å²) in [6.07, 6.45) is 6.42. The molecule has 0 saturated heterocycles. The fraction of sp³-hybridized carbons (Fsp3) is 0.245. The minimum atomic E-state index is 0. The van der Waals surface area contributed by atoms with Gasteiger partial charge in [0.2, 0.25) is 0 Å². The van der Waals surface area contributed by atoms with E-state index in [9.17, 15) is 0 Å². The molecule has 0 N–H and O–H groups in total. The van der Waals surface area contributed by atoms with Gasteiger partial charge in [0, 0.05) is 55.7 Å². The Morgan fingerprint density at radius 3 is 2.28 bits per heavy atom. The van der Waals surface area contributed by atoms with Gasteiger partial charge >= 0.3 is 0 Å². The van der Waals surface area contributed by atoms with Crippen LogP contribution in [0.15, 0.2) is 108 Å². The molecule has 4 heterocycles. The number of rotatable bonds is 5. The standard InChI is InChI=1S/C34H31N2O.C15H16N.Ir/c1-21(2)17-27-12-13-29-30(20-25-14-16-37-33(25)32(29)36-27)31-28(7-6-15-35-31)24-9-8-23-19-26(34(3,4)5)11-10-22(23)18-24;1-10-5-6-14(7-11(10)2)15-8-12(3)13(4)9-16-15;/h6-16,18-19,21H,17H2,1-5H3;5,7-9H,1-4H3;/q2*-1;. The zero-order valence-electron chi connectivity index (χ0n) is 32.7. The maximum atomic E-state index is 5.86. The molecule has 1 radical (unpaired) electrons. The summed E-state index contributed by atoms with van der Waals surface area (Å²) in [4.78, 5) is 14.4. The van der Waals surface area contributed by atoms with Crippen LogP contribution in [-0.4, -0.2) is 15.0 Å². The second-order valence-corrected chi connectivity index (χ2v) is 15.8. The maximum Gasteiger partial charge on any atom is 0.0847 e. The van der Waals surface area contributed by atoms with Crippen molar-refractivity contribution in [3.05, 3.63) is 149 Å². The van der Waals surface area contributed by atoms with Crippen LogP contribution in [-0.2, 0) is 31.9 Å². The van der Waals surface area contributed by atoms with Gasteiger partial charge in [0.05, 0.1) is 5.58 Å². The first-order valence-electron chi connectivity index (χ1n) is 18.5. The molecule has 0 fully saturated rings. The molecular formula is C49H47IrN3O-2. The number of benzene rings is 4. The predicted molar refractivity (Wildman–Crippen MR) is 221 cm³/mol. The number of nitrogens with zero attached hydrogens (tertiary/aromatic N) is 3. The maximum absolute atomic E-state index is 5.86. The molecule has 8 rings (SSSR count). The summed E-state index contributed by atoms with van der Waals surface area (Å²) in [7, 11) is 0. The average Bonchev–Trinajstić information content (AvgIpc) is 3.62. The number of pyridine rings is 3. The largest absolute Gasteiger partial charge is 0.506 e. The number of furan rings is 1. The van der Waals surface area contributed by atoms with Gasteiger partial charge in [-0.1, -0.05) is 125 Å². The summed E-state index contributed by atoms with van der Waals surface area (Å²) in [6, 6.07) is 37.0. The first kappa shape index (κ1) is 38.8. The fourth-order valence-electron chi connectivity index (χ4n) is 6.69. The Bertz CT molecular complexity index is 2560. The molecule has 0 spiro atoms. The first-order chi connectivity index (χ1) is 25.4. The van der Waals surface area contributed by atoms with E-state index in [-0.39, 0.29) is 25.5 Å². The van der Waals surface area contributed by atoms with Gasteiger partial charge in [0.1, 0.15) is 0 Å². The summed E-state index contributed by atoms with van der Waals surface area (Å²) in [5.41, 5.74) is 15.4. The Morgan fingerprint density at radius 1 is 0.778 bits per heavy atom. The monoisotopic (exact) mass is 886 g/mol. The third-order valence-corrected chi connectivity index (χ3v) is 10.1. The van der Waals surface area contributed by atoms with Gasteiger partial charge in [-0.25, -0.2) is 0 Å². The zero-order valence-corrected chi connectivity index (χ0v) is 35.1. The quantitative estimate of drug-likeness (QED) is 0.162. The van der Waals surface area contributed by atoms with Gasteiger partial charge in [0.15, 0.2) is 0 Å².